The molecule has 0 aromatic heterocycles. The molecule has 130 valence electrons. The van der Waals surface area contributed by atoms with E-state index in [9.17, 15) is 24.3 Å². The predicted molar refractivity (Wildman–Crippen MR) is 75.8 cm³/mol. The third-order valence-corrected chi connectivity index (χ3v) is 4.29. The van der Waals surface area contributed by atoms with Gasteiger partial charge in [-0.3, -0.25) is 4.48 Å². The lowest BCUT2D eigenvalue weighted by molar-refractivity contribution is -0.927. The number of quaternary nitrogens is 1. The molecule has 0 bridgehead atoms. The Morgan fingerprint density at radius 3 is 1.48 bits per heavy atom. The largest absolute Gasteiger partial charge is 0.477 e. The number of carbonyl (C=O) groups is 4. The van der Waals surface area contributed by atoms with Crippen molar-refractivity contribution in [2.45, 2.75) is 38.1 Å². The minimum absolute atomic E-state index is 0.431. The van der Waals surface area contributed by atoms with Crippen molar-refractivity contribution in [1.29, 1.82) is 0 Å². The summed E-state index contributed by atoms with van der Waals surface area (Å²) in [5.41, 5.74) is 0. The molecular weight excluding hydrogens is 310 g/mol. The highest BCUT2D eigenvalue weighted by Gasteiger charge is 2.50. The van der Waals surface area contributed by atoms with Crippen molar-refractivity contribution in [3.63, 3.8) is 0 Å². The van der Waals surface area contributed by atoms with E-state index in [4.69, 9.17) is 15.3 Å². The first-order chi connectivity index (χ1) is 10.7. The van der Waals surface area contributed by atoms with Gasteiger partial charge in [-0.05, 0) is 12.8 Å². The van der Waals surface area contributed by atoms with Gasteiger partial charge in [0.15, 0.2) is 25.7 Å². The summed E-state index contributed by atoms with van der Waals surface area (Å²) in [5, 5.41) is 36.9. The Morgan fingerprint density at radius 1 is 0.783 bits per heavy atom. The third kappa shape index (κ3) is 5.20. The molecule has 1 fully saturated rings. The Balaban J connectivity index is 3.32. The van der Waals surface area contributed by atoms with E-state index in [1.807, 2.05) is 0 Å². The number of nitrogens with zero attached hydrogens (tertiary/aromatic N) is 1. The van der Waals surface area contributed by atoms with E-state index in [0.717, 1.165) is 19.3 Å². The molecule has 0 aliphatic heterocycles. The Bertz CT molecular complexity index is 442. The van der Waals surface area contributed by atoms with Crippen LogP contribution in [0.5, 0.6) is 0 Å². The maximum absolute atomic E-state index is 11.8. The second-order valence-electron chi connectivity index (χ2n) is 6.06. The van der Waals surface area contributed by atoms with E-state index in [1.165, 1.54) is 0 Å². The predicted octanol–water partition coefficient (Wildman–Crippen LogP) is 0.0905. The lowest BCUT2D eigenvalue weighted by atomic mass is 9.82. The quantitative estimate of drug-likeness (QED) is 0.434. The van der Waals surface area contributed by atoms with Gasteiger partial charge in [0.05, 0.1) is 0 Å². The van der Waals surface area contributed by atoms with Crippen molar-refractivity contribution in [1.82, 2.24) is 0 Å². The highest BCUT2D eigenvalue weighted by molar-refractivity contribution is 5.77. The van der Waals surface area contributed by atoms with Crippen LogP contribution in [0.4, 0.5) is 0 Å². The van der Waals surface area contributed by atoms with Crippen LogP contribution >= 0.6 is 0 Å². The molecule has 9 heteroatoms. The first-order valence-electron chi connectivity index (χ1n) is 7.42. The molecule has 1 unspecified atom stereocenters. The van der Waals surface area contributed by atoms with Gasteiger partial charge in [-0.1, -0.05) is 19.3 Å². The highest BCUT2D eigenvalue weighted by atomic mass is 16.4. The van der Waals surface area contributed by atoms with Gasteiger partial charge in [-0.2, -0.15) is 0 Å². The molecule has 0 saturated heterocycles. The Hall–Kier alpha value is -2.16. The molecule has 0 amide bonds. The first kappa shape index (κ1) is 18.9. The fourth-order valence-electron chi connectivity index (χ4n) is 3.60. The van der Waals surface area contributed by atoms with Crippen molar-refractivity contribution in [3.05, 3.63) is 0 Å². The number of rotatable bonds is 9. The SMILES string of the molecule is O=C(O)C[N+](CC(=O)O)(CC(=O)O)C(C(=O)O)C1CCCCC1. The number of carboxylic acid groups (broad SMARTS) is 4. The van der Waals surface area contributed by atoms with Crippen LogP contribution in [0.1, 0.15) is 32.1 Å². The third-order valence-electron chi connectivity index (χ3n) is 4.29. The van der Waals surface area contributed by atoms with Crippen LogP contribution in [-0.4, -0.2) is 74.5 Å². The Morgan fingerprint density at radius 2 is 1.17 bits per heavy atom. The molecule has 0 aromatic rings. The molecule has 1 saturated carbocycles. The van der Waals surface area contributed by atoms with Gasteiger partial charge >= 0.3 is 23.9 Å². The monoisotopic (exact) mass is 332 g/mol. The number of aliphatic carboxylic acids is 4. The summed E-state index contributed by atoms with van der Waals surface area (Å²) in [6.45, 7) is -2.57. The Labute approximate surface area is 132 Å². The molecule has 1 atom stereocenters. The molecule has 0 spiro atoms. The number of hydrogen-bond donors (Lipinski definition) is 4. The maximum Gasteiger partial charge on any atom is 0.362 e. The standard InChI is InChI=1S/C14H21NO8/c16-10(17)6-15(7-11(18)19,8-12(20)21)13(14(22)23)9-4-2-1-3-5-9/h9,13H,1-8H2,(H3-,16,17,18,19,20,21,22,23)/p+1. The van der Waals surface area contributed by atoms with Crippen molar-refractivity contribution in [2.24, 2.45) is 5.92 Å². The normalized spacial score (nSPS) is 17.4. The smallest absolute Gasteiger partial charge is 0.362 e. The van der Waals surface area contributed by atoms with Crippen LogP contribution in [0.15, 0.2) is 0 Å². The van der Waals surface area contributed by atoms with Gasteiger partial charge in [0.1, 0.15) is 0 Å². The molecule has 1 aliphatic carbocycles. The fourth-order valence-corrected chi connectivity index (χ4v) is 3.60. The van der Waals surface area contributed by atoms with Crippen molar-refractivity contribution < 1.29 is 44.1 Å². The lowest BCUT2D eigenvalue weighted by Crippen LogP contribution is -2.66. The van der Waals surface area contributed by atoms with Gasteiger partial charge in [-0.15, -0.1) is 0 Å². The van der Waals surface area contributed by atoms with E-state index < -0.39 is 60.0 Å². The molecular formula is C14H22NO8+. The maximum atomic E-state index is 11.8. The molecule has 1 rings (SSSR count). The van der Waals surface area contributed by atoms with Crippen LogP contribution in [0.3, 0.4) is 0 Å². The van der Waals surface area contributed by atoms with Crippen LogP contribution in [0, 0.1) is 5.92 Å². The zero-order valence-corrected chi connectivity index (χ0v) is 12.7. The summed E-state index contributed by atoms with van der Waals surface area (Å²) < 4.78 is -1.01. The van der Waals surface area contributed by atoms with Crippen LogP contribution in [-0.2, 0) is 19.2 Å². The van der Waals surface area contributed by atoms with Gasteiger partial charge in [0.25, 0.3) is 0 Å². The van der Waals surface area contributed by atoms with Crippen molar-refractivity contribution >= 4 is 23.9 Å². The van der Waals surface area contributed by atoms with Crippen molar-refractivity contribution in [2.75, 3.05) is 19.6 Å². The lowest BCUT2D eigenvalue weighted by Gasteiger charge is -2.43. The molecule has 4 N–H and O–H groups in total. The second-order valence-corrected chi connectivity index (χ2v) is 6.06. The minimum atomic E-state index is -1.42. The van der Waals surface area contributed by atoms with Gasteiger partial charge in [0, 0.05) is 5.92 Å². The molecule has 0 radical (unpaired) electrons. The molecule has 0 aromatic carbocycles. The molecule has 0 heterocycles. The second kappa shape index (κ2) is 7.91. The number of carboxylic acids is 4. The summed E-state index contributed by atoms with van der Waals surface area (Å²) >= 11 is 0. The van der Waals surface area contributed by atoms with E-state index in [0.29, 0.717) is 12.8 Å². The van der Waals surface area contributed by atoms with Gasteiger partial charge in [-0.25, -0.2) is 19.2 Å². The zero-order valence-electron chi connectivity index (χ0n) is 12.7. The van der Waals surface area contributed by atoms with Gasteiger partial charge < -0.3 is 20.4 Å². The van der Waals surface area contributed by atoms with Crippen LogP contribution in [0.25, 0.3) is 0 Å². The molecule has 9 nitrogen and oxygen atoms in total. The highest BCUT2D eigenvalue weighted by Crippen LogP contribution is 2.33. The van der Waals surface area contributed by atoms with Crippen LogP contribution < -0.4 is 0 Å². The average Bonchev–Trinajstić information content (AvgIpc) is 2.36. The minimum Gasteiger partial charge on any atom is -0.477 e. The van der Waals surface area contributed by atoms with Crippen molar-refractivity contribution in [3.8, 4) is 0 Å². The van der Waals surface area contributed by atoms with Crippen LogP contribution in [0.2, 0.25) is 0 Å². The summed E-state index contributed by atoms with van der Waals surface area (Å²) in [6, 6.07) is -1.36. The van der Waals surface area contributed by atoms with Gasteiger partial charge in [0.2, 0.25) is 0 Å². The summed E-state index contributed by atoms with van der Waals surface area (Å²) in [5.74, 6) is -6.04. The summed E-state index contributed by atoms with van der Waals surface area (Å²) in [4.78, 5) is 45.4. The van der Waals surface area contributed by atoms with E-state index in [1.54, 1.807) is 0 Å². The van der Waals surface area contributed by atoms with E-state index in [-0.39, 0.29) is 0 Å². The zero-order chi connectivity index (χ0) is 17.6. The number of hydrogen-bond acceptors (Lipinski definition) is 4. The summed E-state index contributed by atoms with van der Waals surface area (Å²) in [7, 11) is 0. The summed E-state index contributed by atoms with van der Waals surface area (Å²) in [6.07, 6.45) is 3.51. The Kier molecular flexibility index (Phi) is 6.49. The van der Waals surface area contributed by atoms with E-state index in [2.05, 4.69) is 0 Å². The average molecular weight is 332 g/mol. The molecule has 23 heavy (non-hydrogen) atoms. The topological polar surface area (TPSA) is 149 Å². The van der Waals surface area contributed by atoms with E-state index >= 15 is 0 Å². The first-order valence-corrected chi connectivity index (χ1v) is 7.42. The fraction of sp³-hybridized carbons (Fsp3) is 0.714. The molecule has 1 aliphatic rings.